The largest absolute Gasteiger partial charge is 0.337 e. The van der Waals surface area contributed by atoms with Crippen molar-refractivity contribution in [2.45, 2.75) is 33.7 Å². The van der Waals surface area contributed by atoms with Gasteiger partial charge in [0, 0.05) is 11.3 Å². The highest BCUT2D eigenvalue weighted by molar-refractivity contribution is 6.51. The smallest absolute Gasteiger partial charge is 0.179 e. The maximum Gasteiger partial charge on any atom is 0.179 e. The summed E-state index contributed by atoms with van der Waals surface area (Å²) in [5, 5.41) is 8.64. The summed E-state index contributed by atoms with van der Waals surface area (Å²) >= 11 is 0. The Morgan fingerprint density at radius 1 is 0.700 bits per heavy atom. The number of hydrogen-bond donors (Lipinski definition) is 1. The fourth-order valence-electron chi connectivity index (χ4n) is 5.63. The van der Waals surface area contributed by atoms with Crippen LogP contribution in [0.2, 0.25) is 0 Å². The van der Waals surface area contributed by atoms with Gasteiger partial charge in [-0.1, -0.05) is 71.8 Å². The van der Waals surface area contributed by atoms with Gasteiger partial charge in [0.1, 0.15) is 0 Å². The molecular formula is C34H30N6. The Balaban J connectivity index is 1.50. The van der Waals surface area contributed by atoms with Gasteiger partial charge in [0.05, 0.1) is 28.8 Å². The molecule has 0 bridgehead atoms. The van der Waals surface area contributed by atoms with Crippen LogP contribution in [0.4, 0.5) is 22.9 Å². The van der Waals surface area contributed by atoms with E-state index in [1.54, 1.807) is 0 Å². The van der Waals surface area contributed by atoms with Gasteiger partial charge in [0.25, 0.3) is 0 Å². The van der Waals surface area contributed by atoms with Gasteiger partial charge in [-0.25, -0.2) is 14.7 Å². The Bertz CT molecular complexity index is 1810. The molecule has 3 heterocycles. The van der Waals surface area contributed by atoms with Crippen LogP contribution in [0.1, 0.15) is 39.6 Å². The lowest BCUT2D eigenvalue weighted by Crippen LogP contribution is -2.46. The Morgan fingerprint density at radius 3 is 2.12 bits per heavy atom. The normalized spacial score (nSPS) is 15.5. The number of fused-ring (bicyclic) bond motifs is 4. The van der Waals surface area contributed by atoms with Gasteiger partial charge in [0.15, 0.2) is 17.5 Å². The van der Waals surface area contributed by atoms with Crippen LogP contribution in [-0.2, 0) is 0 Å². The molecule has 5 aromatic rings. The number of anilines is 2. The molecule has 196 valence electrons. The number of amidine groups is 2. The fourth-order valence-corrected chi connectivity index (χ4v) is 5.63. The Hall–Kier alpha value is -4.97. The van der Waals surface area contributed by atoms with Crippen LogP contribution >= 0.6 is 0 Å². The summed E-state index contributed by atoms with van der Waals surface area (Å²) in [5.41, 5.74) is 10.8. The summed E-state index contributed by atoms with van der Waals surface area (Å²) in [5.74, 6) is 2.31. The number of nitrogens with one attached hydrogen (secondary N) is 1. The number of nitrogens with zero attached hydrogens (tertiary/aromatic N) is 5. The highest BCUT2D eigenvalue weighted by Crippen LogP contribution is 2.48. The SMILES string of the molecule is Cc1ccc(NC2=Nc3ccccc3N3C2=Nc2c(c(C)nn2-c2ccc(C)cc2)[C@@H]3c2ccccc2C)cc1. The highest BCUT2D eigenvalue weighted by Gasteiger charge is 2.41. The molecule has 0 aliphatic carbocycles. The first-order chi connectivity index (χ1) is 19.5. The van der Waals surface area contributed by atoms with Gasteiger partial charge in [0.2, 0.25) is 0 Å². The van der Waals surface area contributed by atoms with E-state index in [2.05, 4.69) is 129 Å². The first-order valence-electron chi connectivity index (χ1n) is 13.6. The van der Waals surface area contributed by atoms with Gasteiger partial charge in [-0.15, -0.1) is 0 Å². The fraction of sp³-hybridized carbons (Fsp3) is 0.147. The van der Waals surface area contributed by atoms with Crippen molar-refractivity contribution in [1.82, 2.24) is 9.78 Å². The Labute approximate surface area is 234 Å². The zero-order valence-electron chi connectivity index (χ0n) is 23.1. The minimum atomic E-state index is -0.130. The predicted octanol–water partition coefficient (Wildman–Crippen LogP) is 7.90. The average Bonchev–Trinajstić information content (AvgIpc) is 3.30. The number of benzene rings is 4. The van der Waals surface area contributed by atoms with Crippen LogP contribution in [0, 0.1) is 27.7 Å². The van der Waals surface area contributed by atoms with Gasteiger partial charge in [-0.3, -0.25) is 0 Å². The summed E-state index contributed by atoms with van der Waals surface area (Å²) in [7, 11) is 0. The molecule has 0 unspecified atom stereocenters. The van der Waals surface area contributed by atoms with E-state index in [0.29, 0.717) is 5.84 Å². The molecule has 7 rings (SSSR count). The van der Waals surface area contributed by atoms with Crippen LogP contribution in [-0.4, -0.2) is 21.5 Å². The van der Waals surface area contributed by atoms with E-state index in [1.165, 1.54) is 22.3 Å². The predicted molar refractivity (Wildman–Crippen MR) is 164 cm³/mol. The number of para-hydroxylation sites is 2. The van der Waals surface area contributed by atoms with Crippen molar-refractivity contribution in [3.63, 3.8) is 0 Å². The van der Waals surface area contributed by atoms with Gasteiger partial charge >= 0.3 is 0 Å². The monoisotopic (exact) mass is 522 g/mol. The lowest BCUT2D eigenvalue weighted by Gasteiger charge is -2.41. The number of hydrogen-bond acceptors (Lipinski definition) is 5. The minimum absolute atomic E-state index is 0.130. The van der Waals surface area contributed by atoms with E-state index < -0.39 is 0 Å². The van der Waals surface area contributed by atoms with Crippen molar-refractivity contribution in [3.8, 4) is 5.69 Å². The molecule has 1 atom stereocenters. The quantitative estimate of drug-likeness (QED) is 0.262. The lowest BCUT2D eigenvalue weighted by atomic mass is 9.90. The van der Waals surface area contributed by atoms with E-state index >= 15 is 0 Å². The van der Waals surface area contributed by atoms with Crippen LogP contribution < -0.4 is 10.2 Å². The molecular weight excluding hydrogens is 492 g/mol. The molecule has 1 aromatic heterocycles. The van der Waals surface area contributed by atoms with Crippen molar-refractivity contribution >= 4 is 34.6 Å². The van der Waals surface area contributed by atoms with Crippen LogP contribution in [0.3, 0.4) is 0 Å². The first kappa shape index (κ1) is 24.1. The number of aryl methyl sites for hydroxylation is 4. The first-order valence-corrected chi connectivity index (χ1v) is 13.6. The van der Waals surface area contributed by atoms with Gasteiger partial charge in [-0.2, -0.15) is 5.10 Å². The molecule has 1 N–H and O–H groups in total. The molecule has 40 heavy (non-hydrogen) atoms. The molecule has 0 spiro atoms. The Kier molecular flexibility index (Phi) is 5.63. The molecule has 2 aliphatic rings. The van der Waals surface area contributed by atoms with Crippen molar-refractivity contribution in [3.05, 3.63) is 131 Å². The van der Waals surface area contributed by atoms with Crippen LogP contribution in [0.5, 0.6) is 0 Å². The summed E-state index contributed by atoms with van der Waals surface area (Å²) in [6.07, 6.45) is 0. The van der Waals surface area contributed by atoms with E-state index in [4.69, 9.17) is 15.1 Å². The van der Waals surface area contributed by atoms with E-state index in [1.807, 2.05) is 10.7 Å². The molecule has 6 nitrogen and oxygen atoms in total. The van der Waals surface area contributed by atoms with E-state index in [9.17, 15) is 0 Å². The second kappa shape index (κ2) is 9.35. The van der Waals surface area contributed by atoms with Crippen LogP contribution in [0.25, 0.3) is 5.69 Å². The minimum Gasteiger partial charge on any atom is -0.337 e. The maximum absolute atomic E-state index is 5.34. The Morgan fingerprint density at radius 2 is 1.38 bits per heavy atom. The summed E-state index contributed by atoms with van der Waals surface area (Å²) in [4.78, 5) is 12.8. The molecule has 0 radical (unpaired) electrons. The summed E-state index contributed by atoms with van der Waals surface area (Å²) in [6, 6.07) is 33.6. The van der Waals surface area contributed by atoms with E-state index in [0.717, 1.165) is 45.7 Å². The zero-order chi connectivity index (χ0) is 27.4. The second-order valence-electron chi connectivity index (χ2n) is 10.6. The zero-order valence-corrected chi connectivity index (χ0v) is 23.1. The van der Waals surface area contributed by atoms with Crippen molar-refractivity contribution < 1.29 is 0 Å². The maximum atomic E-state index is 5.34. The molecule has 0 amide bonds. The number of rotatable bonds is 3. The van der Waals surface area contributed by atoms with Crippen LogP contribution in [0.15, 0.2) is 107 Å². The summed E-state index contributed by atoms with van der Waals surface area (Å²) in [6.45, 7) is 8.45. The second-order valence-corrected chi connectivity index (χ2v) is 10.6. The molecule has 0 saturated carbocycles. The third-order valence-corrected chi connectivity index (χ3v) is 7.71. The third-order valence-electron chi connectivity index (χ3n) is 7.71. The highest BCUT2D eigenvalue weighted by atomic mass is 15.4. The van der Waals surface area contributed by atoms with Crippen molar-refractivity contribution in [2.75, 3.05) is 10.2 Å². The number of aliphatic imine (C=N–C) groups is 2. The standard InChI is InChI=1S/C34H30N6/c1-21-13-17-25(18-14-21)35-32-34-37-33-30(24(4)38-40(33)26-19-15-22(2)16-20-26)31(27-10-6-5-9-23(27)3)39(34)29-12-8-7-11-28(29)36-32/h5-20,31H,1-4H3,(H,35,36)/t31-/m0/s1. The molecule has 0 saturated heterocycles. The number of aromatic nitrogens is 2. The van der Waals surface area contributed by atoms with Crippen molar-refractivity contribution in [2.24, 2.45) is 9.98 Å². The molecule has 2 aliphatic heterocycles. The summed E-state index contributed by atoms with van der Waals surface area (Å²) < 4.78 is 1.98. The molecule has 6 heteroatoms. The van der Waals surface area contributed by atoms with Gasteiger partial charge < -0.3 is 10.2 Å². The van der Waals surface area contributed by atoms with Gasteiger partial charge in [-0.05, 0) is 75.2 Å². The average molecular weight is 523 g/mol. The van der Waals surface area contributed by atoms with Crippen molar-refractivity contribution in [1.29, 1.82) is 0 Å². The lowest BCUT2D eigenvalue weighted by molar-refractivity contribution is 0.809. The molecule has 4 aromatic carbocycles. The molecule has 0 fully saturated rings. The third kappa shape index (κ3) is 3.92. The topological polar surface area (TPSA) is 57.8 Å². The van der Waals surface area contributed by atoms with E-state index in [-0.39, 0.29) is 6.04 Å².